The summed E-state index contributed by atoms with van der Waals surface area (Å²) in [6.45, 7) is 7.05. The molecule has 1 N–H and O–H groups in total. The molecule has 0 aromatic heterocycles. The molecular formula is C15H26N2O3. The van der Waals surface area contributed by atoms with E-state index < -0.39 is 0 Å². The van der Waals surface area contributed by atoms with Crippen LogP contribution in [0.15, 0.2) is 0 Å². The Kier molecular flexibility index (Phi) is 4.68. The van der Waals surface area contributed by atoms with Gasteiger partial charge in [0.25, 0.3) is 0 Å². The Bertz CT molecular complexity index is 381. The molecule has 2 amide bonds. The Morgan fingerprint density at radius 1 is 1.40 bits per heavy atom. The summed E-state index contributed by atoms with van der Waals surface area (Å²) >= 11 is 0. The van der Waals surface area contributed by atoms with Crippen LogP contribution in [-0.2, 0) is 9.59 Å². The van der Waals surface area contributed by atoms with Gasteiger partial charge in [-0.15, -0.1) is 0 Å². The zero-order chi connectivity index (χ0) is 14.9. The van der Waals surface area contributed by atoms with Crippen molar-refractivity contribution in [3.63, 3.8) is 0 Å². The van der Waals surface area contributed by atoms with Crippen molar-refractivity contribution < 1.29 is 14.7 Å². The molecule has 2 heterocycles. The van der Waals surface area contributed by atoms with Gasteiger partial charge in [-0.3, -0.25) is 9.59 Å². The van der Waals surface area contributed by atoms with Crippen molar-refractivity contribution in [3.05, 3.63) is 0 Å². The van der Waals surface area contributed by atoms with Gasteiger partial charge in [0.15, 0.2) is 0 Å². The molecule has 0 aliphatic carbocycles. The first-order valence-electron chi connectivity index (χ1n) is 7.68. The van der Waals surface area contributed by atoms with E-state index in [4.69, 9.17) is 0 Å². The average Bonchev–Trinajstić information content (AvgIpc) is 2.94. The lowest BCUT2D eigenvalue weighted by molar-refractivity contribution is -0.137. The van der Waals surface area contributed by atoms with E-state index in [1.165, 1.54) is 0 Å². The SMILES string of the molecule is CC(O)CC1CCCN1C(=O)C1CC(=O)N(C(C)C)C1. The zero-order valence-corrected chi connectivity index (χ0v) is 12.7. The summed E-state index contributed by atoms with van der Waals surface area (Å²) < 4.78 is 0. The molecule has 2 saturated heterocycles. The van der Waals surface area contributed by atoms with Gasteiger partial charge in [-0.25, -0.2) is 0 Å². The molecule has 2 aliphatic rings. The van der Waals surface area contributed by atoms with Crippen molar-refractivity contribution in [2.75, 3.05) is 13.1 Å². The standard InChI is InChI=1S/C15H26N2O3/c1-10(2)17-9-12(8-14(17)19)15(20)16-6-4-5-13(16)7-11(3)18/h10-13,18H,4-9H2,1-3H3. The van der Waals surface area contributed by atoms with Crippen LogP contribution in [0.1, 0.15) is 46.5 Å². The minimum Gasteiger partial charge on any atom is -0.393 e. The first-order chi connectivity index (χ1) is 9.40. The van der Waals surface area contributed by atoms with Crippen molar-refractivity contribution in [1.29, 1.82) is 0 Å². The van der Waals surface area contributed by atoms with Crippen molar-refractivity contribution in [2.24, 2.45) is 5.92 Å². The van der Waals surface area contributed by atoms with E-state index in [2.05, 4.69) is 0 Å². The maximum absolute atomic E-state index is 12.6. The summed E-state index contributed by atoms with van der Waals surface area (Å²) in [7, 11) is 0. The average molecular weight is 282 g/mol. The number of aliphatic hydroxyl groups is 1. The second kappa shape index (κ2) is 6.12. The lowest BCUT2D eigenvalue weighted by Gasteiger charge is -2.28. The minimum atomic E-state index is -0.384. The molecule has 114 valence electrons. The summed E-state index contributed by atoms with van der Waals surface area (Å²) in [5.41, 5.74) is 0. The molecule has 20 heavy (non-hydrogen) atoms. The number of rotatable bonds is 4. The smallest absolute Gasteiger partial charge is 0.228 e. The fraction of sp³-hybridized carbons (Fsp3) is 0.867. The number of carbonyl (C=O) groups excluding carboxylic acids is 2. The quantitative estimate of drug-likeness (QED) is 0.837. The van der Waals surface area contributed by atoms with Gasteiger partial charge in [0.1, 0.15) is 0 Å². The number of aliphatic hydroxyl groups excluding tert-OH is 1. The molecule has 5 nitrogen and oxygen atoms in total. The largest absolute Gasteiger partial charge is 0.393 e. The van der Waals surface area contributed by atoms with Crippen LogP contribution in [0, 0.1) is 5.92 Å². The molecule has 0 bridgehead atoms. The Morgan fingerprint density at radius 3 is 2.65 bits per heavy atom. The van der Waals surface area contributed by atoms with Crippen LogP contribution in [0.5, 0.6) is 0 Å². The van der Waals surface area contributed by atoms with E-state index in [1.807, 2.05) is 18.7 Å². The summed E-state index contributed by atoms with van der Waals surface area (Å²) in [5.74, 6) is -0.00577. The van der Waals surface area contributed by atoms with E-state index in [0.717, 1.165) is 19.4 Å². The van der Waals surface area contributed by atoms with Crippen LogP contribution < -0.4 is 0 Å². The third-order valence-corrected chi connectivity index (χ3v) is 4.40. The molecule has 5 heteroatoms. The van der Waals surface area contributed by atoms with E-state index in [0.29, 0.717) is 19.4 Å². The van der Waals surface area contributed by atoms with Crippen LogP contribution in [0.4, 0.5) is 0 Å². The fourth-order valence-corrected chi connectivity index (χ4v) is 3.40. The fourth-order valence-electron chi connectivity index (χ4n) is 3.40. The van der Waals surface area contributed by atoms with Gasteiger partial charge in [-0.05, 0) is 40.0 Å². The second-order valence-corrected chi connectivity index (χ2v) is 6.45. The van der Waals surface area contributed by atoms with E-state index in [9.17, 15) is 14.7 Å². The lowest BCUT2D eigenvalue weighted by atomic mass is 10.0. The molecule has 0 saturated carbocycles. The summed E-state index contributed by atoms with van der Waals surface area (Å²) in [5, 5.41) is 9.53. The third kappa shape index (κ3) is 3.14. The maximum atomic E-state index is 12.6. The molecule has 3 unspecified atom stereocenters. The Hall–Kier alpha value is -1.10. The molecular weight excluding hydrogens is 256 g/mol. The van der Waals surface area contributed by atoms with Crippen LogP contribution in [0.3, 0.4) is 0 Å². The first-order valence-corrected chi connectivity index (χ1v) is 7.68. The number of hydrogen-bond acceptors (Lipinski definition) is 3. The van der Waals surface area contributed by atoms with Crippen molar-refractivity contribution in [2.45, 2.75) is 64.6 Å². The van der Waals surface area contributed by atoms with Crippen molar-refractivity contribution in [1.82, 2.24) is 9.80 Å². The monoisotopic (exact) mass is 282 g/mol. The predicted octanol–water partition coefficient (Wildman–Crippen LogP) is 1.01. The highest BCUT2D eigenvalue weighted by molar-refractivity contribution is 5.89. The van der Waals surface area contributed by atoms with Gasteiger partial charge in [0, 0.05) is 31.6 Å². The van der Waals surface area contributed by atoms with Crippen molar-refractivity contribution >= 4 is 11.8 Å². The van der Waals surface area contributed by atoms with Gasteiger partial charge in [0.2, 0.25) is 11.8 Å². The van der Waals surface area contributed by atoms with Gasteiger partial charge >= 0.3 is 0 Å². The molecule has 0 aromatic carbocycles. The van der Waals surface area contributed by atoms with Crippen LogP contribution in [0.25, 0.3) is 0 Å². The van der Waals surface area contributed by atoms with Crippen LogP contribution >= 0.6 is 0 Å². The Balaban J connectivity index is 1.99. The molecule has 0 spiro atoms. The third-order valence-electron chi connectivity index (χ3n) is 4.40. The Labute approximate surface area is 120 Å². The topological polar surface area (TPSA) is 60.9 Å². The first kappa shape index (κ1) is 15.3. The zero-order valence-electron chi connectivity index (χ0n) is 12.7. The number of nitrogens with zero attached hydrogens (tertiary/aromatic N) is 2. The molecule has 0 aromatic rings. The van der Waals surface area contributed by atoms with E-state index >= 15 is 0 Å². The predicted molar refractivity (Wildman–Crippen MR) is 76.0 cm³/mol. The van der Waals surface area contributed by atoms with Gasteiger partial charge in [-0.1, -0.05) is 0 Å². The molecule has 2 rings (SSSR count). The van der Waals surface area contributed by atoms with Gasteiger partial charge in [-0.2, -0.15) is 0 Å². The Morgan fingerprint density at radius 2 is 2.10 bits per heavy atom. The summed E-state index contributed by atoms with van der Waals surface area (Å²) in [4.78, 5) is 28.2. The summed E-state index contributed by atoms with van der Waals surface area (Å²) in [6.07, 6.45) is 2.56. The normalized spacial score (nSPS) is 28.6. The van der Waals surface area contributed by atoms with E-state index in [-0.39, 0.29) is 35.9 Å². The lowest BCUT2D eigenvalue weighted by Crippen LogP contribution is -2.42. The minimum absolute atomic E-state index is 0.0876. The highest BCUT2D eigenvalue weighted by Gasteiger charge is 2.40. The number of hydrogen-bond donors (Lipinski definition) is 1. The highest BCUT2D eigenvalue weighted by atomic mass is 16.3. The number of likely N-dealkylation sites (tertiary alicyclic amines) is 2. The highest BCUT2D eigenvalue weighted by Crippen LogP contribution is 2.28. The summed E-state index contributed by atoms with van der Waals surface area (Å²) in [6, 6.07) is 0.304. The van der Waals surface area contributed by atoms with Crippen LogP contribution in [0.2, 0.25) is 0 Å². The van der Waals surface area contributed by atoms with E-state index in [1.54, 1.807) is 11.8 Å². The van der Waals surface area contributed by atoms with Gasteiger partial charge in [0.05, 0.1) is 12.0 Å². The molecule has 0 radical (unpaired) electrons. The number of carbonyl (C=O) groups is 2. The van der Waals surface area contributed by atoms with Crippen LogP contribution in [-0.4, -0.2) is 58.0 Å². The maximum Gasteiger partial charge on any atom is 0.228 e. The molecule has 3 atom stereocenters. The van der Waals surface area contributed by atoms with Gasteiger partial charge < -0.3 is 14.9 Å². The molecule has 2 fully saturated rings. The number of amides is 2. The second-order valence-electron chi connectivity index (χ2n) is 6.45. The molecule has 2 aliphatic heterocycles. The van der Waals surface area contributed by atoms with Crippen molar-refractivity contribution in [3.8, 4) is 0 Å².